The van der Waals surface area contributed by atoms with Crippen LogP contribution in [0.3, 0.4) is 0 Å². The van der Waals surface area contributed by atoms with Crippen molar-refractivity contribution in [3.8, 4) is 0 Å². The molecule has 1 saturated heterocycles. The molecule has 0 aliphatic carbocycles. The topological polar surface area (TPSA) is 120 Å². The minimum absolute atomic E-state index is 0.0143. The van der Waals surface area contributed by atoms with Gasteiger partial charge in [-0.05, 0) is 27.2 Å². The number of amides is 2. The molecule has 0 aromatic rings. The molecule has 0 spiro atoms. The predicted molar refractivity (Wildman–Crippen MR) is 72.8 cm³/mol. The zero-order valence-electron chi connectivity index (χ0n) is 12.8. The van der Waals surface area contributed by atoms with Crippen LogP contribution < -0.4 is 10.6 Å². The summed E-state index contributed by atoms with van der Waals surface area (Å²) in [7, 11) is 0. The van der Waals surface area contributed by atoms with Crippen molar-refractivity contribution in [3.05, 3.63) is 0 Å². The van der Waals surface area contributed by atoms with Gasteiger partial charge in [0.2, 0.25) is 0 Å². The van der Waals surface area contributed by atoms with Crippen molar-refractivity contribution in [1.29, 1.82) is 0 Å². The fraction of sp³-hybridized carbons (Fsp3) is 0.692. The average Bonchev–Trinajstić information content (AvgIpc) is 2.68. The van der Waals surface area contributed by atoms with Crippen LogP contribution in [0.25, 0.3) is 0 Å². The number of alkyl carbamates (subject to hydrolysis) is 2. The lowest BCUT2D eigenvalue weighted by Gasteiger charge is -2.19. The Labute approximate surface area is 127 Å². The lowest BCUT2D eigenvalue weighted by molar-refractivity contribution is -0.144. The molecule has 1 fully saturated rings. The van der Waals surface area contributed by atoms with Crippen LogP contribution in [-0.2, 0) is 23.8 Å². The number of cyclic esters (lactones) is 2. The van der Waals surface area contributed by atoms with Gasteiger partial charge in [0.25, 0.3) is 0 Å². The molecule has 2 amide bonds. The summed E-state index contributed by atoms with van der Waals surface area (Å²) >= 11 is 0. The van der Waals surface area contributed by atoms with Gasteiger partial charge in [0.05, 0.1) is 6.54 Å². The van der Waals surface area contributed by atoms with E-state index in [1.54, 1.807) is 20.8 Å². The fourth-order valence-corrected chi connectivity index (χ4v) is 1.55. The first-order valence-corrected chi connectivity index (χ1v) is 6.82. The monoisotopic (exact) mass is 316 g/mol. The van der Waals surface area contributed by atoms with Crippen LogP contribution in [-0.4, -0.2) is 48.9 Å². The fourth-order valence-electron chi connectivity index (χ4n) is 1.55. The van der Waals surface area contributed by atoms with Gasteiger partial charge in [-0.2, -0.15) is 0 Å². The molecule has 0 aromatic heterocycles. The van der Waals surface area contributed by atoms with Crippen molar-refractivity contribution in [3.63, 3.8) is 0 Å². The molecule has 0 unspecified atom stereocenters. The molecule has 1 heterocycles. The van der Waals surface area contributed by atoms with Crippen LogP contribution >= 0.6 is 0 Å². The molecule has 2 N–H and O–H groups in total. The summed E-state index contributed by atoms with van der Waals surface area (Å²) in [5.41, 5.74) is -0.596. The normalized spacial score (nSPS) is 17.5. The van der Waals surface area contributed by atoms with E-state index in [9.17, 15) is 19.2 Å². The van der Waals surface area contributed by atoms with E-state index < -0.39 is 35.8 Å². The Kier molecular flexibility index (Phi) is 6.14. The van der Waals surface area contributed by atoms with Crippen LogP contribution in [0.15, 0.2) is 0 Å². The first-order chi connectivity index (χ1) is 10.2. The van der Waals surface area contributed by atoms with Crippen LogP contribution in [0.2, 0.25) is 0 Å². The van der Waals surface area contributed by atoms with Crippen molar-refractivity contribution >= 4 is 24.1 Å². The Bertz CT molecular complexity index is 456. The average molecular weight is 316 g/mol. The summed E-state index contributed by atoms with van der Waals surface area (Å²) in [5, 5.41) is 4.71. The Hall–Kier alpha value is -2.32. The van der Waals surface area contributed by atoms with Gasteiger partial charge in [0, 0.05) is 6.42 Å². The molecule has 0 bridgehead atoms. The summed E-state index contributed by atoms with van der Waals surface area (Å²) in [6, 6.07) is -0.820. The van der Waals surface area contributed by atoms with Crippen LogP contribution in [0.4, 0.5) is 9.59 Å². The Morgan fingerprint density at radius 2 is 2.00 bits per heavy atom. The summed E-state index contributed by atoms with van der Waals surface area (Å²) < 4.78 is 14.1. The van der Waals surface area contributed by atoms with E-state index >= 15 is 0 Å². The van der Waals surface area contributed by atoms with E-state index in [0.29, 0.717) is 0 Å². The first-order valence-electron chi connectivity index (χ1n) is 6.82. The predicted octanol–water partition coefficient (Wildman–Crippen LogP) is 0.469. The van der Waals surface area contributed by atoms with E-state index in [0.717, 1.165) is 0 Å². The van der Waals surface area contributed by atoms with Gasteiger partial charge in [-0.25, -0.2) is 14.4 Å². The number of carbonyl (C=O) groups excluding carboxylic acids is 4. The number of ether oxygens (including phenoxy) is 3. The second-order valence-corrected chi connectivity index (χ2v) is 5.59. The quantitative estimate of drug-likeness (QED) is 0.316. The standard InChI is InChI=1S/C13H20N2O7/c1-13(2,3)22-11(18)14-6-7-20-9(16)5-4-8-10(17)21-12(19)15-8/h8H,4-7H2,1-3H3,(H,14,18)(H,15,19)/t8-/m0/s1. The van der Waals surface area contributed by atoms with E-state index in [1.165, 1.54) is 0 Å². The van der Waals surface area contributed by atoms with E-state index in [1.807, 2.05) is 0 Å². The molecule has 1 atom stereocenters. The van der Waals surface area contributed by atoms with Gasteiger partial charge < -0.3 is 24.8 Å². The minimum Gasteiger partial charge on any atom is -0.464 e. The Balaban J connectivity index is 2.10. The molecule has 1 rings (SSSR count). The lowest BCUT2D eigenvalue weighted by atomic mass is 10.2. The Morgan fingerprint density at radius 3 is 2.55 bits per heavy atom. The van der Waals surface area contributed by atoms with Crippen LogP contribution in [0, 0.1) is 0 Å². The first kappa shape index (κ1) is 17.7. The van der Waals surface area contributed by atoms with E-state index in [-0.39, 0.29) is 26.0 Å². The molecule has 0 radical (unpaired) electrons. The van der Waals surface area contributed by atoms with Gasteiger partial charge in [-0.1, -0.05) is 0 Å². The Morgan fingerprint density at radius 1 is 1.32 bits per heavy atom. The van der Waals surface area contributed by atoms with Crippen molar-refractivity contribution in [2.45, 2.75) is 45.3 Å². The minimum atomic E-state index is -0.820. The van der Waals surface area contributed by atoms with Crippen molar-refractivity contribution in [2.24, 2.45) is 0 Å². The van der Waals surface area contributed by atoms with E-state index in [2.05, 4.69) is 15.4 Å². The van der Waals surface area contributed by atoms with Crippen molar-refractivity contribution < 1.29 is 33.4 Å². The summed E-state index contributed by atoms with van der Waals surface area (Å²) in [4.78, 5) is 44.6. The second-order valence-electron chi connectivity index (χ2n) is 5.59. The van der Waals surface area contributed by atoms with Gasteiger partial charge in [-0.3, -0.25) is 4.79 Å². The smallest absolute Gasteiger partial charge is 0.415 e. The molecule has 0 aromatic carbocycles. The molecule has 9 nitrogen and oxygen atoms in total. The number of esters is 2. The largest absolute Gasteiger partial charge is 0.464 e. The van der Waals surface area contributed by atoms with Crippen LogP contribution in [0.5, 0.6) is 0 Å². The third kappa shape index (κ3) is 6.91. The molecular weight excluding hydrogens is 296 g/mol. The maximum Gasteiger partial charge on any atom is 0.415 e. The molecular formula is C13H20N2O7. The van der Waals surface area contributed by atoms with Crippen molar-refractivity contribution in [1.82, 2.24) is 10.6 Å². The van der Waals surface area contributed by atoms with Crippen LogP contribution in [0.1, 0.15) is 33.6 Å². The van der Waals surface area contributed by atoms with Gasteiger partial charge in [0.15, 0.2) is 0 Å². The SMILES string of the molecule is CC(C)(C)OC(=O)NCCOC(=O)CC[C@@H]1NC(=O)OC1=O. The maximum absolute atomic E-state index is 11.4. The molecule has 124 valence electrons. The maximum atomic E-state index is 11.4. The summed E-state index contributed by atoms with van der Waals surface area (Å²) in [6.45, 7) is 5.31. The van der Waals surface area contributed by atoms with Gasteiger partial charge in [0.1, 0.15) is 18.2 Å². The van der Waals surface area contributed by atoms with Gasteiger partial charge >= 0.3 is 24.1 Å². The molecule has 1 aliphatic heterocycles. The van der Waals surface area contributed by atoms with Crippen molar-refractivity contribution in [2.75, 3.05) is 13.2 Å². The molecule has 9 heteroatoms. The molecule has 1 aliphatic rings. The number of rotatable bonds is 6. The lowest BCUT2D eigenvalue weighted by Crippen LogP contribution is -2.34. The summed E-state index contributed by atoms with van der Waals surface area (Å²) in [6.07, 6.45) is -1.36. The molecule has 0 saturated carbocycles. The van der Waals surface area contributed by atoms with Gasteiger partial charge in [-0.15, -0.1) is 0 Å². The highest BCUT2D eigenvalue weighted by atomic mass is 16.6. The zero-order chi connectivity index (χ0) is 16.8. The molecule has 22 heavy (non-hydrogen) atoms. The number of carbonyl (C=O) groups is 4. The highest BCUT2D eigenvalue weighted by molar-refractivity contribution is 5.95. The number of hydrogen-bond acceptors (Lipinski definition) is 7. The third-order valence-corrected chi connectivity index (χ3v) is 2.44. The summed E-state index contributed by atoms with van der Waals surface area (Å²) in [5.74, 6) is -1.25. The highest BCUT2D eigenvalue weighted by Gasteiger charge is 2.32. The second kappa shape index (κ2) is 7.62. The zero-order valence-corrected chi connectivity index (χ0v) is 12.8. The van der Waals surface area contributed by atoms with E-state index in [4.69, 9.17) is 9.47 Å². The third-order valence-electron chi connectivity index (χ3n) is 2.44. The number of hydrogen-bond donors (Lipinski definition) is 2. The highest BCUT2D eigenvalue weighted by Crippen LogP contribution is 2.08. The number of nitrogens with one attached hydrogen (secondary N) is 2.